The van der Waals surface area contributed by atoms with Gasteiger partial charge < -0.3 is 5.32 Å². The third-order valence-electron chi connectivity index (χ3n) is 4.26. The van der Waals surface area contributed by atoms with Crippen molar-refractivity contribution in [2.24, 2.45) is 0 Å². The zero-order chi connectivity index (χ0) is 14.7. The predicted octanol–water partition coefficient (Wildman–Crippen LogP) is 4.31. The number of para-hydroxylation sites is 1. The Kier molecular flexibility index (Phi) is 4.61. The molecule has 1 heterocycles. The molecule has 1 aliphatic rings. The zero-order valence-electron chi connectivity index (χ0n) is 12.3. The van der Waals surface area contributed by atoms with Crippen molar-refractivity contribution in [1.29, 1.82) is 0 Å². The molecule has 1 atom stereocenters. The zero-order valence-corrected chi connectivity index (χ0v) is 13.9. The van der Waals surface area contributed by atoms with E-state index in [1.807, 2.05) is 0 Å². The number of likely N-dealkylation sites (N-methyl/N-ethyl adjacent to an activating group) is 1. The molecule has 0 saturated heterocycles. The summed E-state index contributed by atoms with van der Waals surface area (Å²) in [5.41, 5.74) is 4.11. The van der Waals surface area contributed by atoms with E-state index in [4.69, 9.17) is 0 Å². The smallest absolute Gasteiger partial charge is 0.0373 e. The Morgan fingerprint density at radius 2 is 1.90 bits per heavy atom. The van der Waals surface area contributed by atoms with E-state index in [2.05, 4.69) is 81.7 Å². The summed E-state index contributed by atoms with van der Waals surface area (Å²) < 4.78 is 1.14. The molecule has 2 aromatic carbocycles. The lowest BCUT2D eigenvalue weighted by molar-refractivity contribution is 0.233. The van der Waals surface area contributed by atoms with Crippen LogP contribution in [0.3, 0.4) is 0 Å². The molecule has 1 unspecified atom stereocenters. The molecule has 2 nitrogen and oxygen atoms in total. The van der Waals surface area contributed by atoms with Crippen LogP contribution >= 0.6 is 15.9 Å². The second-order valence-corrected chi connectivity index (χ2v) is 6.69. The summed E-state index contributed by atoms with van der Waals surface area (Å²) in [7, 11) is 2.23. The van der Waals surface area contributed by atoms with Gasteiger partial charge in [-0.1, -0.05) is 46.3 Å². The average Bonchev–Trinajstić information content (AvgIpc) is 2.72. The SMILES string of the molecule is CN(Cc1ccc(Br)cc1)C1CCc2ccccc2NC1. The number of rotatable bonds is 3. The van der Waals surface area contributed by atoms with Crippen LogP contribution in [0.5, 0.6) is 0 Å². The molecule has 1 N–H and O–H groups in total. The van der Waals surface area contributed by atoms with Crippen LogP contribution in [-0.2, 0) is 13.0 Å². The number of anilines is 1. The minimum atomic E-state index is 0.570. The van der Waals surface area contributed by atoms with Gasteiger partial charge in [0.2, 0.25) is 0 Å². The van der Waals surface area contributed by atoms with Crippen molar-refractivity contribution in [2.75, 3.05) is 18.9 Å². The highest BCUT2D eigenvalue weighted by atomic mass is 79.9. The Morgan fingerprint density at radius 1 is 1.14 bits per heavy atom. The number of nitrogens with one attached hydrogen (secondary N) is 1. The van der Waals surface area contributed by atoms with Crippen molar-refractivity contribution in [1.82, 2.24) is 4.90 Å². The lowest BCUT2D eigenvalue weighted by atomic mass is 10.1. The van der Waals surface area contributed by atoms with Crippen LogP contribution in [0.1, 0.15) is 17.5 Å². The fraction of sp³-hybridized carbons (Fsp3) is 0.333. The lowest BCUT2D eigenvalue weighted by Gasteiger charge is -2.27. The van der Waals surface area contributed by atoms with Gasteiger partial charge in [0, 0.05) is 29.3 Å². The van der Waals surface area contributed by atoms with Crippen molar-refractivity contribution in [3.8, 4) is 0 Å². The fourth-order valence-electron chi connectivity index (χ4n) is 2.95. The molecule has 0 spiro atoms. The maximum atomic E-state index is 3.60. The summed E-state index contributed by atoms with van der Waals surface area (Å²) in [6, 6.07) is 17.9. The summed E-state index contributed by atoms with van der Waals surface area (Å²) >= 11 is 3.49. The summed E-state index contributed by atoms with van der Waals surface area (Å²) in [5.74, 6) is 0. The molecule has 110 valence electrons. The number of benzene rings is 2. The molecule has 1 aliphatic heterocycles. The van der Waals surface area contributed by atoms with Crippen LogP contribution in [0.15, 0.2) is 53.0 Å². The van der Waals surface area contributed by atoms with E-state index in [9.17, 15) is 0 Å². The largest absolute Gasteiger partial charge is 0.383 e. The topological polar surface area (TPSA) is 15.3 Å². The first-order chi connectivity index (χ1) is 10.2. The second kappa shape index (κ2) is 6.63. The minimum absolute atomic E-state index is 0.570. The molecule has 0 radical (unpaired) electrons. The maximum Gasteiger partial charge on any atom is 0.0373 e. The summed E-state index contributed by atoms with van der Waals surface area (Å²) in [6.07, 6.45) is 2.36. The highest BCUT2D eigenvalue weighted by Crippen LogP contribution is 2.23. The first-order valence-corrected chi connectivity index (χ1v) is 8.28. The highest BCUT2D eigenvalue weighted by molar-refractivity contribution is 9.10. The number of halogens is 1. The van der Waals surface area contributed by atoms with Crippen molar-refractivity contribution in [3.63, 3.8) is 0 Å². The molecular formula is C18H21BrN2. The third kappa shape index (κ3) is 3.66. The van der Waals surface area contributed by atoms with Crippen LogP contribution in [0, 0.1) is 0 Å². The Balaban J connectivity index is 1.64. The van der Waals surface area contributed by atoms with Gasteiger partial charge in [-0.25, -0.2) is 0 Å². The monoisotopic (exact) mass is 344 g/mol. The van der Waals surface area contributed by atoms with Gasteiger partial charge in [-0.2, -0.15) is 0 Å². The number of hydrogen-bond acceptors (Lipinski definition) is 2. The van der Waals surface area contributed by atoms with Crippen molar-refractivity contribution in [3.05, 3.63) is 64.1 Å². The molecule has 0 amide bonds. The summed E-state index contributed by atoms with van der Waals surface area (Å²) in [5, 5.41) is 3.60. The summed E-state index contributed by atoms with van der Waals surface area (Å²) in [6.45, 7) is 2.01. The fourth-order valence-corrected chi connectivity index (χ4v) is 3.21. The van der Waals surface area contributed by atoms with Gasteiger partial charge in [-0.05, 0) is 49.2 Å². The van der Waals surface area contributed by atoms with Crippen molar-refractivity contribution < 1.29 is 0 Å². The van der Waals surface area contributed by atoms with Crippen LogP contribution in [0.4, 0.5) is 5.69 Å². The quantitative estimate of drug-likeness (QED) is 0.892. The van der Waals surface area contributed by atoms with Gasteiger partial charge >= 0.3 is 0 Å². The summed E-state index contributed by atoms with van der Waals surface area (Å²) in [4.78, 5) is 2.46. The number of hydrogen-bond donors (Lipinski definition) is 1. The molecule has 3 heteroatoms. The lowest BCUT2D eigenvalue weighted by Crippen LogP contribution is -2.36. The van der Waals surface area contributed by atoms with Gasteiger partial charge in [0.05, 0.1) is 0 Å². The highest BCUT2D eigenvalue weighted by Gasteiger charge is 2.19. The van der Waals surface area contributed by atoms with E-state index in [0.717, 1.165) is 24.0 Å². The van der Waals surface area contributed by atoms with Crippen molar-refractivity contribution in [2.45, 2.75) is 25.4 Å². The van der Waals surface area contributed by atoms with E-state index in [1.165, 1.54) is 23.2 Å². The van der Waals surface area contributed by atoms with Gasteiger partial charge in [-0.15, -0.1) is 0 Å². The Labute approximate surface area is 135 Å². The molecule has 0 aromatic heterocycles. The minimum Gasteiger partial charge on any atom is -0.383 e. The van der Waals surface area contributed by atoms with Gasteiger partial charge in [0.25, 0.3) is 0 Å². The number of fused-ring (bicyclic) bond motifs is 1. The molecule has 21 heavy (non-hydrogen) atoms. The van der Waals surface area contributed by atoms with E-state index in [-0.39, 0.29) is 0 Å². The first kappa shape index (κ1) is 14.6. The van der Waals surface area contributed by atoms with Gasteiger partial charge in [0.1, 0.15) is 0 Å². The molecule has 2 aromatic rings. The number of nitrogens with zero attached hydrogens (tertiary/aromatic N) is 1. The molecular weight excluding hydrogens is 324 g/mol. The Hall–Kier alpha value is -1.32. The van der Waals surface area contributed by atoms with E-state index < -0.39 is 0 Å². The normalized spacial score (nSPS) is 18.0. The van der Waals surface area contributed by atoms with Crippen LogP contribution in [0.25, 0.3) is 0 Å². The standard InChI is InChI=1S/C18H21BrN2/c1-21(13-14-6-9-16(19)10-7-14)17-11-8-15-4-2-3-5-18(15)20-12-17/h2-7,9-10,17,20H,8,11-13H2,1H3. The van der Waals surface area contributed by atoms with Crippen molar-refractivity contribution >= 4 is 21.6 Å². The molecule has 0 fully saturated rings. The van der Waals surface area contributed by atoms with E-state index in [1.54, 1.807) is 0 Å². The Morgan fingerprint density at radius 3 is 2.71 bits per heavy atom. The van der Waals surface area contributed by atoms with E-state index >= 15 is 0 Å². The first-order valence-electron chi connectivity index (χ1n) is 7.49. The molecule has 3 rings (SSSR count). The Bertz CT molecular complexity index is 567. The van der Waals surface area contributed by atoms with Crippen LogP contribution in [-0.4, -0.2) is 24.5 Å². The second-order valence-electron chi connectivity index (χ2n) is 5.77. The third-order valence-corrected chi connectivity index (χ3v) is 4.79. The van der Waals surface area contributed by atoms with Gasteiger partial charge in [-0.3, -0.25) is 4.90 Å². The van der Waals surface area contributed by atoms with E-state index in [0.29, 0.717) is 6.04 Å². The van der Waals surface area contributed by atoms with Gasteiger partial charge in [0.15, 0.2) is 0 Å². The molecule has 0 saturated carbocycles. The number of aryl methyl sites for hydroxylation is 1. The molecule has 0 bridgehead atoms. The van der Waals surface area contributed by atoms with Crippen LogP contribution in [0.2, 0.25) is 0 Å². The predicted molar refractivity (Wildman–Crippen MR) is 92.6 cm³/mol. The van der Waals surface area contributed by atoms with Crippen LogP contribution < -0.4 is 5.32 Å². The molecule has 0 aliphatic carbocycles. The maximum absolute atomic E-state index is 3.60. The average molecular weight is 345 g/mol.